The van der Waals surface area contributed by atoms with E-state index in [2.05, 4.69) is 107 Å². The van der Waals surface area contributed by atoms with Gasteiger partial charge < -0.3 is 4.90 Å². The predicted octanol–water partition coefficient (Wildman–Crippen LogP) is 8.01. The van der Waals surface area contributed by atoms with Crippen molar-refractivity contribution < 1.29 is 0 Å². The van der Waals surface area contributed by atoms with E-state index in [-0.39, 0.29) is 0 Å². The van der Waals surface area contributed by atoms with E-state index in [1.54, 1.807) is 0 Å². The Morgan fingerprint density at radius 1 is 0.606 bits per heavy atom. The molecular formula is C31H22N2. The van der Waals surface area contributed by atoms with Gasteiger partial charge in [-0.1, -0.05) is 78.9 Å². The summed E-state index contributed by atoms with van der Waals surface area (Å²) < 4.78 is 0. The summed E-state index contributed by atoms with van der Waals surface area (Å²) in [4.78, 5) is 6.71. The lowest BCUT2D eigenvalue weighted by molar-refractivity contribution is 0.968. The fourth-order valence-electron chi connectivity index (χ4n) is 5.56. The number of allylic oxidation sites excluding steroid dienone is 1. The first-order valence-corrected chi connectivity index (χ1v) is 11.5. The number of aryl methyl sites for hydroxylation is 1. The minimum absolute atomic E-state index is 1.04. The first kappa shape index (κ1) is 18.4. The molecule has 0 unspecified atom stereocenters. The van der Waals surface area contributed by atoms with Crippen LogP contribution in [0.4, 0.5) is 11.4 Å². The van der Waals surface area contributed by atoms with Crippen LogP contribution in [0.25, 0.3) is 38.7 Å². The number of nitrogens with zero attached hydrogens (tertiary/aromatic N) is 2. The van der Waals surface area contributed by atoms with E-state index in [4.69, 9.17) is 0 Å². The summed E-state index contributed by atoms with van der Waals surface area (Å²) in [6, 6.07) is 33.1. The smallest absolute Gasteiger partial charge is 0.0540 e. The number of hydrogen-bond acceptors (Lipinski definition) is 2. The van der Waals surface area contributed by atoms with Gasteiger partial charge in [0, 0.05) is 34.7 Å². The maximum Gasteiger partial charge on any atom is 0.0540 e. The van der Waals surface area contributed by atoms with Crippen LogP contribution in [-0.4, -0.2) is 4.98 Å². The summed E-state index contributed by atoms with van der Waals surface area (Å²) in [7, 11) is 0. The van der Waals surface area contributed by atoms with Gasteiger partial charge in [-0.3, -0.25) is 4.98 Å². The molecule has 5 aromatic rings. The largest absolute Gasteiger partial charge is 0.309 e. The average molecular weight is 423 g/mol. The summed E-state index contributed by atoms with van der Waals surface area (Å²) >= 11 is 0. The van der Waals surface area contributed by atoms with E-state index in [0.717, 1.165) is 18.5 Å². The van der Waals surface area contributed by atoms with Crippen LogP contribution in [0.2, 0.25) is 0 Å². The average Bonchev–Trinajstić information content (AvgIpc) is 3.22. The topological polar surface area (TPSA) is 16.1 Å². The molecule has 2 nitrogen and oxygen atoms in total. The Hall–Kier alpha value is -4.17. The molecule has 0 spiro atoms. The number of rotatable bonds is 3. The van der Waals surface area contributed by atoms with Crippen molar-refractivity contribution in [2.45, 2.75) is 12.8 Å². The summed E-state index contributed by atoms with van der Waals surface area (Å²) in [6.07, 6.45) is 8.28. The molecule has 2 aliphatic rings. The highest BCUT2D eigenvalue weighted by Crippen LogP contribution is 2.51. The zero-order valence-electron chi connectivity index (χ0n) is 18.2. The molecule has 0 saturated carbocycles. The van der Waals surface area contributed by atoms with Crippen molar-refractivity contribution >= 4 is 27.8 Å². The maximum absolute atomic E-state index is 4.29. The molecule has 0 saturated heterocycles. The van der Waals surface area contributed by atoms with Gasteiger partial charge in [-0.2, -0.15) is 0 Å². The fraction of sp³-hybridized carbons (Fsp3) is 0.0645. The van der Waals surface area contributed by atoms with Gasteiger partial charge in [-0.05, 0) is 64.2 Å². The molecule has 0 amide bonds. The van der Waals surface area contributed by atoms with Crippen molar-refractivity contribution in [2.24, 2.45) is 0 Å². The van der Waals surface area contributed by atoms with Gasteiger partial charge in [0.25, 0.3) is 0 Å². The van der Waals surface area contributed by atoms with Gasteiger partial charge in [0.2, 0.25) is 0 Å². The second-order valence-corrected chi connectivity index (χ2v) is 8.73. The highest BCUT2D eigenvalue weighted by Gasteiger charge is 2.26. The molecule has 1 heterocycles. The minimum Gasteiger partial charge on any atom is -0.309 e. The molecule has 7 rings (SSSR count). The van der Waals surface area contributed by atoms with Crippen LogP contribution < -0.4 is 4.90 Å². The molecular weight excluding hydrogens is 400 g/mol. The van der Waals surface area contributed by atoms with Gasteiger partial charge in [0.05, 0.1) is 5.69 Å². The third-order valence-corrected chi connectivity index (χ3v) is 6.97. The first-order chi connectivity index (χ1) is 16.4. The molecule has 33 heavy (non-hydrogen) atoms. The lowest BCUT2D eigenvalue weighted by Crippen LogP contribution is -2.19. The molecule has 0 N–H and O–H groups in total. The summed E-state index contributed by atoms with van der Waals surface area (Å²) in [5.41, 5.74) is 11.6. The van der Waals surface area contributed by atoms with Crippen molar-refractivity contribution in [2.75, 3.05) is 4.90 Å². The van der Waals surface area contributed by atoms with Crippen LogP contribution in [-0.2, 0) is 6.42 Å². The molecule has 2 heteroatoms. The quantitative estimate of drug-likeness (QED) is 0.287. The third-order valence-electron chi connectivity index (χ3n) is 6.97. The van der Waals surface area contributed by atoms with E-state index in [1.165, 1.54) is 55.5 Å². The second-order valence-electron chi connectivity index (χ2n) is 8.73. The van der Waals surface area contributed by atoms with E-state index in [0.29, 0.717) is 0 Å². The van der Waals surface area contributed by atoms with Gasteiger partial charge in [-0.25, -0.2) is 0 Å². The normalized spacial score (nSPS) is 13.4. The maximum atomic E-state index is 4.29. The van der Waals surface area contributed by atoms with E-state index >= 15 is 0 Å². The second kappa shape index (κ2) is 7.18. The number of pyridine rings is 1. The van der Waals surface area contributed by atoms with Crippen LogP contribution in [0.1, 0.15) is 17.5 Å². The highest BCUT2D eigenvalue weighted by atomic mass is 15.2. The Morgan fingerprint density at radius 2 is 1.30 bits per heavy atom. The lowest BCUT2D eigenvalue weighted by Gasteiger charge is -2.32. The Labute approximate surface area is 193 Å². The van der Waals surface area contributed by atoms with E-state index in [1.807, 2.05) is 12.4 Å². The zero-order valence-corrected chi connectivity index (χ0v) is 18.2. The van der Waals surface area contributed by atoms with Crippen molar-refractivity contribution in [3.8, 4) is 22.3 Å². The predicted molar refractivity (Wildman–Crippen MR) is 137 cm³/mol. The monoisotopic (exact) mass is 422 g/mol. The van der Waals surface area contributed by atoms with Crippen LogP contribution in [0, 0.1) is 0 Å². The standard InChI is InChI=1S/C31H22N2/c1-2-9-23-21(7-1)8-5-14-29(23)33(22-17-19-32-20-18-22)30-16-15-27-25-11-4-3-10-24(25)26-12-6-13-28(30)31(26)27/h1-4,6-7,9-20H,5,8H2. The summed E-state index contributed by atoms with van der Waals surface area (Å²) in [5.74, 6) is 0. The van der Waals surface area contributed by atoms with Crippen LogP contribution in [0.3, 0.4) is 0 Å². The third kappa shape index (κ3) is 2.71. The Morgan fingerprint density at radius 3 is 2.12 bits per heavy atom. The molecule has 0 fully saturated rings. The van der Waals surface area contributed by atoms with Crippen LogP contribution in [0.15, 0.2) is 109 Å². The highest BCUT2D eigenvalue weighted by molar-refractivity contribution is 6.19. The molecule has 2 aliphatic carbocycles. The van der Waals surface area contributed by atoms with Crippen molar-refractivity contribution in [3.63, 3.8) is 0 Å². The molecule has 1 aromatic heterocycles. The van der Waals surface area contributed by atoms with Gasteiger partial charge in [0.1, 0.15) is 0 Å². The Kier molecular flexibility index (Phi) is 4.00. The van der Waals surface area contributed by atoms with Crippen LogP contribution in [0.5, 0.6) is 0 Å². The van der Waals surface area contributed by atoms with E-state index < -0.39 is 0 Å². The molecule has 0 bridgehead atoms. The molecule has 0 aliphatic heterocycles. The van der Waals surface area contributed by atoms with Crippen molar-refractivity contribution in [1.82, 2.24) is 4.98 Å². The number of aromatic nitrogens is 1. The molecule has 156 valence electrons. The number of hydrogen-bond donors (Lipinski definition) is 0. The Bertz CT molecular complexity index is 1530. The van der Waals surface area contributed by atoms with Gasteiger partial charge >= 0.3 is 0 Å². The van der Waals surface area contributed by atoms with Crippen molar-refractivity contribution in [1.29, 1.82) is 0 Å². The number of fused-ring (bicyclic) bond motifs is 4. The lowest BCUT2D eigenvalue weighted by atomic mass is 9.92. The van der Waals surface area contributed by atoms with Crippen LogP contribution >= 0.6 is 0 Å². The van der Waals surface area contributed by atoms with Crippen molar-refractivity contribution in [3.05, 3.63) is 121 Å². The zero-order chi connectivity index (χ0) is 21.8. The number of anilines is 2. The SMILES string of the molecule is C1=C(N(c2ccncc2)c2ccc3c4c(cccc24)-c2ccccc2-3)c2ccccc2CC1. The fourth-order valence-corrected chi connectivity index (χ4v) is 5.56. The van der Waals surface area contributed by atoms with Gasteiger partial charge in [0.15, 0.2) is 0 Å². The Balaban J connectivity index is 1.52. The number of benzene rings is 4. The molecule has 0 atom stereocenters. The first-order valence-electron chi connectivity index (χ1n) is 11.5. The summed E-state index contributed by atoms with van der Waals surface area (Å²) in [6.45, 7) is 0. The molecule has 4 aromatic carbocycles. The minimum atomic E-state index is 1.04. The van der Waals surface area contributed by atoms with E-state index in [9.17, 15) is 0 Å². The molecule has 0 radical (unpaired) electrons. The summed E-state index contributed by atoms with van der Waals surface area (Å²) in [5, 5.41) is 2.63. The van der Waals surface area contributed by atoms with Gasteiger partial charge in [-0.15, -0.1) is 0 Å².